The first-order valence-electron chi connectivity index (χ1n) is 8.24. The van der Waals surface area contributed by atoms with Crippen molar-refractivity contribution < 1.29 is 22.6 Å². The molecule has 1 aromatic carbocycles. The van der Waals surface area contributed by atoms with Crippen molar-refractivity contribution in [3.8, 4) is 11.5 Å². The van der Waals surface area contributed by atoms with Crippen LogP contribution < -0.4 is 14.8 Å². The summed E-state index contributed by atoms with van der Waals surface area (Å²) < 4.78 is 47.2. The van der Waals surface area contributed by atoms with Crippen LogP contribution in [0.4, 0.5) is 13.2 Å². The number of piperidine rings is 1. The van der Waals surface area contributed by atoms with Crippen LogP contribution in [-0.2, 0) is 0 Å². The molecule has 3 rings (SSSR count). The van der Waals surface area contributed by atoms with Gasteiger partial charge in [-0.1, -0.05) is 12.5 Å². The molecule has 23 heavy (non-hydrogen) atoms. The van der Waals surface area contributed by atoms with Crippen LogP contribution in [0, 0.1) is 5.92 Å². The maximum Gasteiger partial charge on any atom is 0.573 e. The van der Waals surface area contributed by atoms with Crippen molar-refractivity contribution in [2.75, 3.05) is 19.7 Å². The molecule has 128 valence electrons. The Kier molecular flexibility index (Phi) is 4.99. The fourth-order valence-electron chi connectivity index (χ4n) is 3.17. The van der Waals surface area contributed by atoms with Crippen LogP contribution >= 0.6 is 0 Å². The van der Waals surface area contributed by atoms with Gasteiger partial charge in [0.25, 0.3) is 0 Å². The second-order valence-electron chi connectivity index (χ2n) is 6.38. The van der Waals surface area contributed by atoms with Crippen molar-refractivity contribution in [1.29, 1.82) is 0 Å². The summed E-state index contributed by atoms with van der Waals surface area (Å²) in [7, 11) is 0. The van der Waals surface area contributed by atoms with Gasteiger partial charge in [0.15, 0.2) is 0 Å². The highest BCUT2D eigenvalue weighted by Crippen LogP contribution is 2.37. The van der Waals surface area contributed by atoms with Crippen molar-refractivity contribution in [2.24, 2.45) is 5.92 Å². The third kappa shape index (κ3) is 4.53. The highest BCUT2D eigenvalue weighted by molar-refractivity contribution is 5.43. The largest absolute Gasteiger partial charge is 0.573 e. The van der Waals surface area contributed by atoms with E-state index in [1.165, 1.54) is 18.6 Å². The molecule has 0 unspecified atom stereocenters. The number of nitrogens with one attached hydrogen (secondary N) is 1. The molecule has 2 aliphatic rings. The Balaban J connectivity index is 1.77. The van der Waals surface area contributed by atoms with Crippen molar-refractivity contribution in [1.82, 2.24) is 5.32 Å². The van der Waals surface area contributed by atoms with Crippen LogP contribution in [0.3, 0.4) is 0 Å². The first kappa shape index (κ1) is 16.4. The third-order valence-electron chi connectivity index (χ3n) is 4.70. The summed E-state index contributed by atoms with van der Waals surface area (Å²) in [4.78, 5) is 0. The number of alkyl halides is 3. The van der Waals surface area contributed by atoms with E-state index in [1.54, 1.807) is 6.07 Å². The van der Waals surface area contributed by atoms with E-state index >= 15 is 0 Å². The SMILES string of the molecule is FC(F)(F)Oc1ccc(C2CCNCC2)c(OCC2CCC2)c1. The summed E-state index contributed by atoms with van der Waals surface area (Å²) in [6.45, 7) is 2.43. The maximum atomic E-state index is 12.4. The molecule has 1 saturated heterocycles. The van der Waals surface area contributed by atoms with E-state index in [2.05, 4.69) is 10.1 Å². The first-order chi connectivity index (χ1) is 11.0. The normalized spacial score (nSPS) is 20.1. The second kappa shape index (κ2) is 6.99. The number of hydrogen-bond donors (Lipinski definition) is 1. The van der Waals surface area contributed by atoms with Gasteiger partial charge in [-0.05, 0) is 62.2 Å². The van der Waals surface area contributed by atoms with Crippen LogP contribution in [0.2, 0.25) is 0 Å². The van der Waals surface area contributed by atoms with Gasteiger partial charge in [0.2, 0.25) is 0 Å². The lowest BCUT2D eigenvalue weighted by Gasteiger charge is -2.28. The molecule has 1 aromatic rings. The zero-order valence-corrected chi connectivity index (χ0v) is 13.0. The molecule has 6 heteroatoms. The second-order valence-corrected chi connectivity index (χ2v) is 6.38. The fourth-order valence-corrected chi connectivity index (χ4v) is 3.17. The first-order valence-corrected chi connectivity index (χ1v) is 8.24. The number of ether oxygens (including phenoxy) is 2. The fraction of sp³-hybridized carbons (Fsp3) is 0.647. The quantitative estimate of drug-likeness (QED) is 0.877. The van der Waals surface area contributed by atoms with E-state index in [4.69, 9.17) is 4.74 Å². The van der Waals surface area contributed by atoms with E-state index in [1.807, 2.05) is 0 Å². The molecular formula is C17H22F3NO2. The van der Waals surface area contributed by atoms with Crippen molar-refractivity contribution >= 4 is 0 Å². The van der Waals surface area contributed by atoms with Gasteiger partial charge in [0.05, 0.1) is 6.61 Å². The standard InChI is InChI=1S/C17H22F3NO2/c18-17(19,20)23-14-4-5-15(13-6-8-21-9-7-13)16(10-14)22-11-12-2-1-3-12/h4-5,10,12-13,21H,1-3,6-9,11H2. The Bertz CT molecular complexity index is 523. The lowest BCUT2D eigenvalue weighted by atomic mass is 9.86. The Hall–Kier alpha value is -1.43. The van der Waals surface area contributed by atoms with E-state index in [0.29, 0.717) is 24.2 Å². The molecule has 0 spiro atoms. The number of hydrogen-bond acceptors (Lipinski definition) is 3. The summed E-state index contributed by atoms with van der Waals surface area (Å²) in [6, 6.07) is 4.51. The topological polar surface area (TPSA) is 30.5 Å². The Morgan fingerprint density at radius 1 is 1.09 bits per heavy atom. The van der Waals surface area contributed by atoms with Gasteiger partial charge >= 0.3 is 6.36 Å². The molecular weight excluding hydrogens is 307 g/mol. The van der Waals surface area contributed by atoms with Crippen LogP contribution in [0.15, 0.2) is 18.2 Å². The third-order valence-corrected chi connectivity index (χ3v) is 4.70. The predicted octanol–water partition coefficient (Wildman–Crippen LogP) is 4.23. The van der Waals surface area contributed by atoms with Crippen LogP contribution in [0.25, 0.3) is 0 Å². The van der Waals surface area contributed by atoms with E-state index < -0.39 is 6.36 Å². The zero-order valence-electron chi connectivity index (χ0n) is 13.0. The summed E-state index contributed by atoms with van der Waals surface area (Å²) in [5.74, 6) is 1.19. The van der Waals surface area contributed by atoms with Gasteiger partial charge in [-0.25, -0.2) is 0 Å². The minimum Gasteiger partial charge on any atom is -0.493 e. The summed E-state index contributed by atoms with van der Waals surface area (Å²) >= 11 is 0. The highest BCUT2D eigenvalue weighted by atomic mass is 19.4. The lowest BCUT2D eigenvalue weighted by molar-refractivity contribution is -0.274. The zero-order chi connectivity index (χ0) is 16.3. The molecule has 2 fully saturated rings. The number of benzene rings is 1. The van der Waals surface area contributed by atoms with Gasteiger partial charge in [0.1, 0.15) is 11.5 Å². The highest BCUT2D eigenvalue weighted by Gasteiger charge is 2.32. The van der Waals surface area contributed by atoms with E-state index in [9.17, 15) is 13.2 Å². The Labute approximate surface area is 134 Å². The molecule has 1 saturated carbocycles. The minimum absolute atomic E-state index is 0.209. The Morgan fingerprint density at radius 2 is 1.83 bits per heavy atom. The van der Waals surface area contributed by atoms with Crippen LogP contribution in [0.5, 0.6) is 11.5 Å². The van der Waals surface area contributed by atoms with E-state index in [-0.39, 0.29) is 5.75 Å². The van der Waals surface area contributed by atoms with Crippen LogP contribution in [-0.4, -0.2) is 26.1 Å². The molecule has 0 atom stereocenters. The van der Waals surface area contributed by atoms with Gasteiger partial charge in [-0.15, -0.1) is 13.2 Å². The molecule has 3 nitrogen and oxygen atoms in total. The van der Waals surface area contributed by atoms with Gasteiger partial charge in [-0.2, -0.15) is 0 Å². The molecule has 1 N–H and O–H groups in total. The van der Waals surface area contributed by atoms with E-state index in [0.717, 1.165) is 44.3 Å². The maximum absolute atomic E-state index is 12.4. The molecule has 0 bridgehead atoms. The molecule has 1 aliphatic heterocycles. The molecule has 1 heterocycles. The molecule has 0 aromatic heterocycles. The summed E-state index contributed by atoms with van der Waals surface area (Å²) in [6.07, 6.45) is 0.759. The smallest absolute Gasteiger partial charge is 0.493 e. The average Bonchev–Trinajstić information content (AvgIpc) is 2.45. The predicted molar refractivity (Wildman–Crippen MR) is 80.8 cm³/mol. The molecule has 1 aliphatic carbocycles. The van der Waals surface area contributed by atoms with Crippen LogP contribution in [0.1, 0.15) is 43.6 Å². The van der Waals surface area contributed by atoms with Crippen molar-refractivity contribution in [3.63, 3.8) is 0 Å². The number of halogens is 3. The van der Waals surface area contributed by atoms with Gasteiger partial charge < -0.3 is 14.8 Å². The summed E-state index contributed by atoms with van der Waals surface area (Å²) in [5, 5.41) is 3.30. The number of rotatable bonds is 5. The molecule has 0 radical (unpaired) electrons. The average molecular weight is 329 g/mol. The van der Waals surface area contributed by atoms with Crippen molar-refractivity contribution in [2.45, 2.75) is 44.4 Å². The minimum atomic E-state index is -4.68. The lowest BCUT2D eigenvalue weighted by Crippen LogP contribution is -2.27. The van der Waals surface area contributed by atoms with Crippen molar-refractivity contribution in [3.05, 3.63) is 23.8 Å². The monoisotopic (exact) mass is 329 g/mol. The van der Waals surface area contributed by atoms with Gasteiger partial charge in [0, 0.05) is 6.07 Å². The Morgan fingerprint density at radius 3 is 2.43 bits per heavy atom. The molecule has 0 amide bonds. The van der Waals surface area contributed by atoms with Gasteiger partial charge in [-0.3, -0.25) is 0 Å². The summed E-state index contributed by atoms with van der Waals surface area (Å²) in [5.41, 5.74) is 1.00.